The van der Waals surface area contributed by atoms with E-state index in [1.54, 1.807) is 0 Å². The molecular weight excluding hydrogens is 739 g/mol. The second kappa shape index (κ2) is 13.0. The zero-order valence-electron chi connectivity index (χ0n) is 31.5. The Kier molecular flexibility index (Phi) is 7.37. The predicted molar refractivity (Wildman–Crippen MR) is 237 cm³/mol. The lowest BCUT2D eigenvalue weighted by atomic mass is 9.67. The lowest BCUT2D eigenvalue weighted by Crippen LogP contribution is -2.31. The topological polar surface area (TPSA) is 67.4 Å². The molecule has 10 aromatic rings. The summed E-state index contributed by atoms with van der Waals surface area (Å²) in [6.07, 6.45) is 0. The van der Waals surface area contributed by atoms with Crippen molar-refractivity contribution in [2.24, 2.45) is 0 Å². The molecule has 0 saturated carbocycles. The quantitative estimate of drug-likeness (QED) is 0.178. The van der Waals surface area contributed by atoms with Crippen LogP contribution in [0.15, 0.2) is 198 Å². The molecule has 1 aliphatic heterocycles. The number of nitrogens with zero attached hydrogens (tertiary/aromatic N) is 5. The molecule has 1 aliphatic carbocycles. The van der Waals surface area contributed by atoms with Crippen LogP contribution < -0.4 is 0 Å². The number of hydrogen-bond acceptors (Lipinski definition) is 5. The van der Waals surface area contributed by atoms with Crippen LogP contribution in [0.1, 0.15) is 27.8 Å². The average Bonchev–Trinajstić information content (AvgIpc) is 3.78. The molecule has 0 atom stereocenters. The normalized spacial score (nSPS) is 13.1. The third-order valence-corrected chi connectivity index (χ3v) is 13.1. The van der Waals surface area contributed by atoms with Gasteiger partial charge in [-0.05, 0) is 81.9 Å². The van der Waals surface area contributed by atoms with Crippen LogP contribution in [0.4, 0.5) is 0 Å². The zero-order valence-corrected chi connectivity index (χ0v) is 32.4. The first-order chi connectivity index (χ1) is 29.2. The number of hydrogen-bond donors (Lipinski definition) is 0. The molecule has 2 aliphatic rings. The summed E-state index contributed by atoms with van der Waals surface area (Å²) in [5.74, 6) is 1.66. The average molecular weight is 770 g/mol. The maximum absolute atomic E-state index is 11.0. The summed E-state index contributed by atoms with van der Waals surface area (Å²) in [6.45, 7) is 0. The van der Waals surface area contributed by atoms with Crippen molar-refractivity contribution >= 4 is 33.6 Å². The molecule has 0 amide bonds. The third kappa shape index (κ3) is 4.89. The lowest BCUT2D eigenvalue weighted by Gasteiger charge is -2.39. The van der Waals surface area contributed by atoms with Crippen LogP contribution in [0.3, 0.4) is 0 Å². The monoisotopic (exact) mass is 769 g/mol. The molecule has 2 aromatic heterocycles. The number of para-hydroxylation sites is 1. The van der Waals surface area contributed by atoms with E-state index in [0.717, 1.165) is 44.2 Å². The first-order valence-electron chi connectivity index (χ1n) is 19.7. The summed E-state index contributed by atoms with van der Waals surface area (Å²) in [7, 11) is 0. The maximum Gasteiger partial charge on any atom is 0.164 e. The van der Waals surface area contributed by atoms with Crippen LogP contribution in [-0.2, 0) is 5.41 Å². The highest BCUT2D eigenvalue weighted by Crippen LogP contribution is 2.62. The van der Waals surface area contributed by atoms with Gasteiger partial charge in [0.1, 0.15) is 6.07 Å². The van der Waals surface area contributed by atoms with Gasteiger partial charge in [0.15, 0.2) is 17.5 Å². The van der Waals surface area contributed by atoms with Crippen LogP contribution in [0.25, 0.3) is 72.8 Å². The predicted octanol–water partition coefficient (Wildman–Crippen LogP) is 12.7. The van der Waals surface area contributed by atoms with Crippen molar-refractivity contribution in [3.05, 3.63) is 216 Å². The minimum absolute atomic E-state index is 0.507. The zero-order chi connectivity index (χ0) is 39.1. The summed E-state index contributed by atoms with van der Waals surface area (Å²) >= 11 is 1.85. The second-order valence-electron chi connectivity index (χ2n) is 15.0. The Morgan fingerprint density at radius 2 is 1.00 bits per heavy atom. The van der Waals surface area contributed by atoms with Gasteiger partial charge in [0.2, 0.25) is 0 Å². The van der Waals surface area contributed by atoms with Gasteiger partial charge in [-0.25, -0.2) is 15.0 Å². The summed E-state index contributed by atoms with van der Waals surface area (Å²) in [5, 5.41) is 13.2. The SMILES string of the molecule is N#Cc1cc(-c2nc(-c3ccccc3)nc(-c3ccccc3)n2)ccc1-n1c2ccccc2c2cc3c(cc21)C1(c2ccccc2Sc2ccccc21)c1ccccc1-3. The molecule has 1 spiro atoms. The molecule has 0 fully saturated rings. The van der Waals surface area contributed by atoms with Gasteiger partial charge in [0, 0.05) is 37.3 Å². The van der Waals surface area contributed by atoms with Crippen molar-refractivity contribution in [2.45, 2.75) is 15.2 Å². The van der Waals surface area contributed by atoms with Gasteiger partial charge in [-0.2, -0.15) is 5.26 Å². The Hall–Kier alpha value is -7.59. The van der Waals surface area contributed by atoms with E-state index in [-0.39, 0.29) is 0 Å². The molecule has 5 nitrogen and oxygen atoms in total. The fourth-order valence-electron chi connectivity index (χ4n) is 9.47. The van der Waals surface area contributed by atoms with Crippen molar-refractivity contribution in [1.29, 1.82) is 5.26 Å². The van der Waals surface area contributed by atoms with Crippen molar-refractivity contribution in [3.8, 4) is 57.0 Å². The molecule has 0 saturated heterocycles. The van der Waals surface area contributed by atoms with E-state index in [2.05, 4.69) is 120 Å². The first kappa shape index (κ1) is 33.5. The van der Waals surface area contributed by atoms with Gasteiger partial charge in [0.05, 0.1) is 27.7 Å². The molecule has 0 radical (unpaired) electrons. The maximum atomic E-state index is 11.0. The largest absolute Gasteiger partial charge is 0.308 e. The van der Waals surface area contributed by atoms with E-state index in [0.29, 0.717) is 23.0 Å². The molecular formula is C53H31N5S. The molecule has 0 bridgehead atoms. The van der Waals surface area contributed by atoms with Crippen molar-refractivity contribution in [2.75, 3.05) is 0 Å². The highest BCUT2D eigenvalue weighted by atomic mass is 32.2. The first-order valence-corrected chi connectivity index (χ1v) is 20.5. The van der Waals surface area contributed by atoms with E-state index < -0.39 is 5.41 Å². The highest BCUT2D eigenvalue weighted by molar-refractivity contribution is 7.99. The molecule has 6 heteroatoms. The van der Waals surface area contributed by atoms with Crippen LogP contribution in [0, 0.1) is 11.3 Å². The van der Waals surface area contributed by atoms with E-state index in [4.69, 9.17) is 15.0 Å². The van der Waals surface area contributed by atoms with Crippen molar-refractivity contribution in [3.63, 3.8) is 0 Å². The van der Waals surface area contributed by atoms with Crippen molar-refractivity contribution < 1.29 is 0 Å². The fraction of sp³-hybridized carbons (Fsp3) is 0.0189. The van der Waals surface area contributed by atoms with Gasteiger partial charge >= 0.3 is 0 Å². The second-order valence-corrected chi connectivity index (χ2v) is 16.1. The number of rotatable bonds is 4. The summed E-state index contributed by atoms with van der Waals surface area (Å²) < 4.78 is 2.28. The molecule has 0 unspecified atom stereocenters. The molecule has 274 valence electrons. The molecule has 12 rings (SSSR count). The van der Waals surface area contributed by atoms with Crippen molar-refractivity contribution in [1.82, 2.24) is 19.5 Å². The van der Waals surface area contributed by atoms with Gasteiger partial charge in [-0.1, -0.05) is 151 Å². The van der Waals surface area contributed by atoms with Gasteiger partial charge in [0.25, 0.3) is 0 Å². The van der Waals surface area contributed by atoms with Crippen LogP contribution in [0.5, 0.6) is 0 Å². The van der Waals surface area contributed by atoms with Crippen LogP contribution >= 0.6 is 11.8 Å². The number of benzene rings is 8. The van der Waals surface area contributed by atoms with Gasteiger partial charge < -0.3 is 4.57 Å². The molecule has 8 aromatic carbocycles. The van der Waals surface area contributed by atoms with Gasteiger partial charge in [-0.3, -0.25) is 0 Å². The Morgan fingerprint density at radius 1 is 0.441 bits per heavy atom. The fourth-order valence-corrected chi connectivity index (χ4v) is 10.7. The lowest BCUT2D eigenvalue weighted by molar-refractivity contribution is 0.723. The Bertz CT molecular complexity index is 3280. The smallest absolute Gasteiger partial charge is 0.164 e. The molecule has 0 N–H and O–H groups in total. The summed E-state index contributed by atoms with van der Waals surface area (Å²) in [6, 6.07) is 68.5. The molecule has 3 heterocycles. The number of nitriles is 1. The Morgan fingerprint density at radius 3 is 1.66 bits per heavy atom. The van der Waals surface area contributed by atoms with Crippen LogP contribution in [0.2, 0.25) is 0 Å². The van der Waals surface area contributed by atoms with E-state index in [1.807, 2.05) is 90.6 Å². The van der Waals surface area contributed by atoms with E-state index >= 15 is 0 Å². The molecule has 59 heavy (non-hydrogen) atoms. The number of aromatic nitrogens is 4. The Labute approximate surface area is 345 Å². The third-order valence-electron chi connectivity index (χ3n) is 12.0. The minimum Gasteiger partial charge on any atom is -0.308 e. The van der Waals surface area contributed by atoms with E-state index in [9.17, 15) is 5.26 Å². The van der Waals surface area contributed by atoms with Gasteiger partial charge in [-0.15, -0.1) is 0 Å². The number of fused-ring (bicyclic) bond motifs is 12. The Balaban J connectivity index is 1.11. The minimum atomic E-state index is -0.520. The van der Waals surface area contributed by atoms with Crippen LogP contribution in [-0.4, -0.2) is 19.5 Å². The summed E-state index contributed by atoms with van der Waals surface area (Å²) in [5.41, 5.74) is 13.0. The summed E-state index contributed by atoms with van der Waals surface area (Å²) in [4.78, 5) is 17.4. The highest BCUT2D eigenvalue weighted by Gasteiger charge is 2.50. The van der Waals surface area contributed by atoms with E-state index in [1.165, 1.54) is 43.2 Å². The standard InChI is InChI=1S/C53H31N5S/c54-32-36-29-35(52-56-50(33-15-3-1-4-16-33)55-51(57-52)34-17-5-2-6-18-34)27-28-45(36)58-46-24-12-8-20-38(46)40-30-39-37-19-7-9-21-41(37)53(44(39)31-47(40)58)42-22-10-13-25-48(42)59-49-26-14-11-23-43(49)53/h1-31H.